The van der Waals surface area contributed by atoms with Crippen LogP contribution in [-0.4, -0.2) is 39.0 Å². The summed E-state index contributed by atoms with van der Waals surface area (Å²) in [5.41, 5.74) is -0.906. The predicted octanol–water partition coefficient (Wildman–Crippen LogP) is 2.49. The first kappa shape index (κ1) is 15.7. The summed E-state index contributed by atoms with van der Waals surface area (Å²) < 4.78 is 68.0. The molecule has 4 nitrogen and oxygen atoms in total. The average molecular weight is 374 g/mol. The van der Waals surface area contributed by atoms with E-state index in [-0.39, 0.29) is 22.0 Å². The summed E-state index contributed by atoms with van der Waals surface area (Å²) in [6, 6.07) is 2.46. The summed E-state index contributed by atoms with van der Waals surface area (Å²) in [5.74, 6) is 0. The second kappa shape index (κ2) is 5.28. The molecule has 1 saturated heterocycles. The molecule has 1 aromatic carbocycles. The second-order valence-electron chi connectivity index (χ2n) is 4.38. The van der Waals surface area contributed by atoms with Gasteiger partial charge in [-0.15, -0.1) is 0 Å². The van der Waals surface area contributed by atoms with Gasteiger partial charge < -0.3 is 4.74 Å². The molecule has 1 heterocycles. The zero-order valence-corrected chi connectivity index (χ0v) is 12.7. The number of halogens is 4. The van der Waals surface area contributed by atoms with Crippen molar-refractivity contribution in [1.29, 1.82) is 0 Å². The predicted molar refractivity (Wildman–Crippen MR) is 68.7 cm³/mol. The van der Waals surface area contributed by atoms with E-state index in [4.69, 9.17) is 4.74 Å². The van der Waals surface area contributed by atoms with Gasteiger partial charge in [0.1, 0.15) is 0 Å². The minimum Gasteiger partial charge on any atom is -0.372 e. The van der Waals surface area contributed by atoms with E-state index in [2.05, 4.69) is 15.9 Å². The van der Waals surface area contributed by atoms with Crippen LogP contribution in [0.2, 0.25) is 0 Å². The minimum absolute atomic E-state index is 0.115. The first-order valence-corrected chi connectivity index (χ1v) is 7.80. The molecule has 0 amide bonds. The molecule has 112 valence electrons. The lowest BCUT2D eigenvalue weighted by atomic mass is 10.2. The molecule has 0 saturated carbocycles. The summed E-state index contributed by atoms with van der Waals surface area (Å²) in [6.07, 6.45) is -4.65. The third-order valence-electron chi connectivity index (χ3n) is 2.81. The van der Waals surface area contributed by atoms with Crippen LogP contribution in [-0.2, 0) is 20.9 Å². The highest BCUT2D eigenvalue weighted by atomic mass is 79.9. The largest absolute Gasteiger partial charge is 0.416 e. The lowest BCUT2D eigenvalue weighted by molar-refractivity contribution is -0.137. The standard InChI is InChI=1S/C11H11BrF3NO3S/c1-16(5-8-6-19-8)20(17,18)10-3-2-7(4-9(10)12)11(13,14)15/h2-4,8H,5-6H2,1H3/t8-/m0/s1. The van der Waals surface area contributed by atoms with Crippen molar-refractivity contribution >= 4 is 26.0 Å². The first-order valence-electron chi connectivity index (χ1n) is 5.57. The maximum Gasteiger partial charge on any atom is 0.416 e. The smallest absolute Gasteiger partial charge is 0.372 e. The minimum atomic E-state index is -4.52. The highest BCUT2D eigenvalue weighted by Gasteiger charge is 2.34. The number of benzene rings is 1. The summed E-state index contributed by atoms with van der Waals surface area (Å²) in [6.45, 7) is 0.670. The fraction of sp³-hybridized carbons (Fsp3) is 0.455. The van der Waals surface area contributed by atoms with Crippen LogP contribution in [0.15, 0.2) is 27.6 Å². The maximum atomic E-state index is 12.5. The Morgan fingerprint density at radius 1 is 1.45 bits per heavy atom. The number of sulfonamides is 1. The zero-order chi connectivity index (χ0) is 15.1. The molecule has 1 aromatic rings. The third-order valence-corrected chi connectivity index (χ3v) is 5.61. The van der Waals surface area contributed by atoms with Gasteiger partial charge in [-0.05, 0) is 34.1 Å². The van der Waals surface area contributed by atoms with Crippen molar-refractivity contribution in [2.75, 3.05) is 20.2 Å². The van der Waals surface area contributed by atoms with Crippen molar-refractivity contribution in [2.24, 2.45) is 0 Å². The normalized spacial score (nSPS) is 19.4. The van der Waals surface area contributed by atoms with Crippen LogP contribution >= 0.6 is 15.9 Å². The van der Waals surface area contributed by atoms with Gasteiger partial charge in [0, 0.05) is 18.1 Å². The molecular formula is C11H11BrF3NO3S. The van der Waals surface area contributed by atoms with E-state index in [0.29, 0.717) is 6.61 Å². The van der Waals surface area contributed by atoms with Crippen LogP contribution in [0.25, 0.3) is 0 Å². The molecule has 1 fully saturated rings. The molecule has 0 spiro atoms. The monoisotopic (exact) mass is 373 g/mol. The number of likely N-dealkylation sites (N-methyl/N-ethyl adjacent to an activating group) is 1. The summed E-state index contributed by atoms with van der Waals surface area (Å²) in [7, 11) is -2.49. The van der Waals surface area contributed by atoms with Crippen molar-refractivity contribution in [1.82, 2.24) is 4.31 Å². The van der Waals surface area contributed by atoms with Gasteiger partial charge >= 0.3 is 6.18 Å². The Morgan fingerprint density at radius 2 is 2.05 bits per heavy atom. The van der Waals surface area contributed by atoms with E-state index in [9.17, 15) is 21.6 Å². The molecule has 1 aliphatic heterocycles. The number of hydrogen-bond donors (Lipinski definition) is 0. The first-order chi connectivity index (χ1) is 9.12. The Labute approximate surface area is 122 Å². The number of nitrogens with zero attached hydrogens (tertiary/aromatic N) is 1. The summed E-state index contributed by atoms with van der Waals surface area (Å²) >= 11 is 2.89. The Morgan fingerprint density at radius 3 is 2.50 bits per heavy atom. The van der Waals surface area contributed by atoms with Gasteiger partial charge in [-0.25, -0.2) is 8.42 Å². The van der Waals surface area contributed by atoms with Crippen LogP contribution < -0.4 is 0 Å². The molecule has 2 rings (SSSR count). The topological polar surface area (TPSA) is 49.9 Å². The highest BCUT2D eigenvalue weighted by molar-refractivity contribution is 9.10. The van der Waals surface area contributed by atoms with Crippen molar-refractivity contribution < 1.29 is 26.3 Å². The van der Waals surface area contributed by atoms with Crippen molar-refractivity contribution in [3.05, 3.63) is 28.2 Å². The quantitative estimate of drug-likeness (QED) is 0.761. The van der Waals surface area contributed by atoms with Crippen molar-refractivity contribution in [2.45, 2.75) is 17.2 Å². The van der Waals surface area contributed by atoms with Crippen molar-refractivity contribution in [3.8, 4) is 0 Å². The van der Waals surface area contributed by atoms with Crippen LogP contribution in [0.4, 0.5) is 13.2 Å². The highest BCUT2D eigenvalue weighted by Crippen LogP contribution is 2.34. The average Bonchev–Trinajstić information content (AvgIpc) is 3.11. The van der Waals surface area contributed by atoms with E-state index >= 15 is 0 Å². The second-order valence-corrected chi connectivity index (χ2v) is 7.25. The fourth-order valence-electron chi connectivity index (χ4n) is 1.61. The summed E-state index contributed by atoms with van der Waals surface area (Å²) in [4.78, 5) is -0.200. The van der Waals surface area contributed by atoms with Crippen LogP contribution in [0.1, 0.15) is 5.56 Å². The van der Waals surface area contributed by atoms with Gasteiger partial charge in [-0.1, -0.05) is 0 Å². The lowest BCUT2D eigenvalue weighted by Crippen LogP contribution is -2.30. The van der Waals surface area contributed by atoms with Crippen LogP contribution in [0, 0.1) is 0 Å². The molecule has 20 heavy (non-hydrogen) atoms. The molecule has 0 aromatic heterocycles. The third kappa shape index (κ3) is 3.33. The van der Waals surface area contributed by atoms with E-state index in [0.717, 1.165) is 22.5 Å². The number of alkyl halides is 3. The Bertz CT molecular complexity index is 614. The van der Waals surface area contributed by atoms with Gasteiger partial charge in [0.05, 0.1) is 23.2 Å². The van der Waals surface area contributed by atoms with Gasteiger partial charge in [0.15, 0.2) is 0 Å². The number of hydrogen-bond acceptors (Lipinski definition) is 3. The molecule has 0 aliphatic carbocycles. The van der Waals surface area contributed by atoms with Gasteiger partial charge in [-0.2, -0.15) is 17.5 Å². The Hall–Kier alpha value is -0.640. The molecule has 1 atom stereocenters. The number of epoxide rings is 1. The SMILES string of the molecule is CN(C[C@H]1CO1)S(=O)(=O)c1ccc(C(F)(F)F)cc1Br. The van der Waals surface area contributed by atoms with E-state index < -0.39 is 21.8 Å². The molecule has 0 radical (unpaired) electrons. The lowest BCUT2D eigenvalue weighted by Gasteiger charge is -2.17. The van der Waals surface area contributed by atoms with Crippen molar-refractivity contribution in [3.63, 3.8) is 0 Å². The fourth-order valence-corrected chi connectivity index (χ4v) is 3.85. The van der Waals surface area contributed by atoms with Gasteiger partial charge in [0.25, 0.3) is 0 Å². The van der Waals surface area contributed by atoms with Crippen LogP contribution in [0.5, 0.6) is 0 Å². The number of rotatable bonds is 4. The van der Waals surface area contributed by atoms with Gasteiger partial charge in [-0.3, -0.25) is 0 Å². The molecule has 0 N–H and O–H groups in total. The van der Waals surface area contributed by atoms with E-state index in [1.54, 1.807) is 0 Å². The molecule has 0 unspecified atom stereocenters. The van der Waals surface area contributed by atoms with E-state index in [1.165, 1.54) is 7.05 Å². The number of ether oxygens (including phenoxy) is 1. The molecule has 0 bridgehead atoms. The Balaban J connectivity index is 2.32. The molecule has 9 heteroatoms. The Kier molecular flexibility index (Phi) is 4.16. The molecular weight excluding hydrogens is 363 g/mol. The summed E-state index contributed by atoms with van der Waals surface area (Å²) in [5, 5.41) is 0. The molecule has 1 aliphatic rings. The van der Waals surface area contributed by atoms with Crippen LogP contribution in [0.3, 0.4) is 0 Å². The van der Waals surface area contributed by atoms with E-state index in [1.807, 2.05) is 0 Å². The maximum absolute atomic E-state index is 12.5. The van der Waals surface area contributed by atoms with Gasteiger partial charge in [0.2, 0.25) is 10.0 Å². The zero-order valence-electron chi connectivity index (χ0n) is 10.3.